The Bertz CT molecular complexity index is 2860. The van der Waals surface area contributed by atoms with Gasteiger partial charge in [-0.05, 0) is 85.3 Å². The van der Waals surface area contributed by atoms with Crippen molar-refractivity contribution in [1.29, 1.82) is 0 Å². The molecule has 464 valence electrons. The van der Waals surface area contributed by atoms with Crippen LogP contribution in [-0.4, -0.2) is 190 Å². The van der Waals surface area contributed by atoms with Crippen LogP contribution >= 0.6 is 34.3 Å². The molecule has 5 heterocycles. The molecule has 4 amide bonds. The topological polar surface area (TPSA) is 240 Å². The quantitative estimate of drug-likeness (QED) is 0.0243. The summed E-state index contributed by atoms with van der Waals surface area (Å²) in [6.07, 6.45) is 5.23. The smallest absolute Gasteiger partial charge is 0.267 e. The van der Waals surface area contributed by atoms with E-state index in [4.69, 9.17) is 45.0 Å². The number of ether oxygens (including phenoxy) is 6. The van der Waals surface area contributed by atoms with Crippen LogP contribution in [0.3, 0.4) is 0 Å². The van der Waals surface area contributed by atoms with Crippen LogP contribution < -0.4 is 26.2 Å². The van der Waals surface area contributed by atoms with E-state index in [0.29, 0.717) is 85.2 Å². The number of aliphatic hydroxyl groups is 1. The van der Waals surface area contributed by atoms with E-state index in [2.05, 4.69) is 59.4 Å². The first-order valence-electron chi connectivity index (χ1n) is 29.3. The van der Waals surface area contributed by atoms with Crippen LogP contribution in [0.25, 0.3) is 10.4 Å². The molecule has 0 spiro atoms. The summed E-state index contributed by atoms with van der Waals surface area (Å²) in [4.78, 5) is 74.9. The van der Waals surface area contributed by atoms with Crippen LogP contribution in [0.15, 0.2) is 66.2 Å². The molecule has 0 bridgehead atoms. The molecule has 2 saturated heterocycles. The molecule has 3 atom stereocenters. The largest absolute Gasteiger partial charge is 0.391 e. The van der Waals surface area contributed by atoms with Gasteiger partial charge in [0.25, 0.3) is 5.91 Å². The molecule has 85 heavy (non-hydrogen) atoms. The Morgan fingerprint density at radius 2 is 1.42 bits per heavy atom. The lowest BCUT2D eigenvalue weighted by Crippen LogP contribution is -2.58. The van der Waals surface area contributed by atoms with E-state index < -0.39 is 35.4 Å². The first-order valence-corrected chi connectivity index (χ1v) is 31.4. The highest BCUT2D eigenvalue weighted by Gasteiger charge is 2.44. The highest BCUT2D eigenvalue weighted by Crippen LogP contribution is 2.31. The number of unbranched alkanes of at least 4 members (excludes halogenated alkanes) is 3. The summed E-state index contributed by atoms with van der Waals surface area (Å²) in [7, 11) is 0. The summed E-state index contributed by atoms with van der Waals surface area (Å²) < 4.78 is 33.7. The molecule has 2 fully saturated rings. The summed E-state index contributed by atoms with van der Waals surface area (Å²) in [5.41, 5.74) is 4.02. The van der Waals surface area contributed by atoms with E-state index in [1.807, 2.05) is 77.1 Å². The number of halogens is 1. The van der Waals surface area contributed by atoms with Gasteiger partial charge < -0.3 is 64.6 Å². The minimum absolute atomic E-state index is 0.00936. The number of hydrogen-bond acceptors (Lipinski definition) is 19. The summed E-state index contributed by atoms with van der Waals surface area (Å²) >= 11 is 9.24. The third-order valence-electron chi connectivity index (χ3n) is 14.4. The van der Waals surface area contributed by atoms with Crippen molar-refractivity contribution in [1.82, 2.24) is 35.4 Å². The third-order valence-corrected chi connectivity index (χ3v) is 16.7. The number of amides is 4. The van der Waals surface area contributed by atoms with Crippen LogP contribution in [0.5, 0.6) is 0 Å². The summed E-state index contributed by atoms with van der Waals surface area (Å²) in [6, 6.07) is 15.7. The van der Waals surface area contributed by atoms with Gasteiger partial charge in [-0.2, -0.15) is 0 Å². The number of rotatable bonds is 35. The molecule has 0 radical (unpaired) electrons. The predicted octanol–water partition coefficient (Wildman–Crippen LogP) is 7.83. The number of carbonyl (C=O) groups excluding carboxylic acids is 4. The fraction of sp³-hybridized carbons (Fsp3) is 0.557. The standard InChI is InChI=1S/C61H85ClN10O11S2/c1-42-12-11-13-48(62)54(42)69-58(76)50-39-64-60(85-50)67-51-37-52(66-44(3)65-51)71-22-20-70(21-23-71)19-9-7-8-10-24-78-25-26-79-27-28-80-29-30-81-31-32-82-33-34-83-41-53(74)68-56(61(4,5)6)59(77)72-40-47(73)36-49(72)57(75)63-38-45-14-16-46(17-15-45)55-43(2)18-35-84-55/h11-18,35,37,39,47,49,56,73H,7-10,19-34,36,38,40-41H2,1-6H3,(H,63,75)(H,68,74)(H,69,76)(H,64,65,66,67)/t47-,49+,56-/m1/s1. The third kappa shape index (κ3) is 21.9. The van der Waals surface area contributed by atoms with E-state index in [1.54, 1.807) is 23.6 Å². The number of para-hydroxylation sites is 1. The van der Waals surface area contributed by atoms with Crippen molar-refractivity contribution in [3.63, 3.8) is 0 Å². The zero-order valence-electron chi connectivity index (χ0n) is 50.0. The summed E-state index contributed by atoms with van der Waals surface area (Å²) in [5.74, 6) is 0.607. The molecule has 0 saturated carbocycles. The number of benzene rings is 2. The van der Waals surface area contributed by atoms with Crippen molar-refractivity contribution >= 4 is 80.4 Å². The van der Waals surface area contributed by atoms with E-state index >= 15 is 0 Å². The maximum absolute atomic E-state index is 13.9. The summed E-state index contributed by atoms with van der Waals surface area (Å²) in [6.45, 7) is 20.8. The molecule has 7 rings (SSSR count). The summed E-state index contributed by atoms with van der Waals surface area (Å²) in [5, 5.41) is 25.6. The second-order valence-corrected chi connectivity index (χ2v) is 24.5. The lowest BCUT2D eigenvalue weighted by molar-refractivity contribution is -0.144. The molecule has 2 aliphatic rings. The first-order chi connectivity index (χ1) is 41.0. The van der Waals surface area contributed by atoms with Crippen LogP contribution in [0.1, 0.15) is 85.1 Å². The van der Waals surface area contributed by atoms with Crippen LogP contribution in [0, 0.1) is 26.2 Å². The lowest BCUT2D eigenvalue weighted by Gasteiger charge is -2.35. The molecule has 5 N–H and O–H groups in total. The van der Waals surface area contributed by atoms with Gasteiger partial charge in [-0.15, -0.1) is 11.3 Å². The molecule has 2 aliphatic heterocycles. The highest BCUT2D eigenvalue weighted by atomic mass is 35.5. The van der Waals surface area contributed by atoms with Gasteiger partial charge in [-0.3, -0.25) is 24.1 Å². The highest BCUT2D eigenvalue weighted by molar-refractivity contribution is 7.17. The second-order valence-electron chi connectivity index (χ2n) is 22.2. The number of aromatic nitrogens is 3. The number of hydrogen-bond donors (Lipinski definition) is 5. The number of anilines is 4. The maximum atomic E-state index is 13.9. The first kappa shape index (κ1) is 66.8. The average Bonchev–Trinajstić information content (AvgIpc) is 3.69. The zero-order valence-corrected chi connectivity index (χ0v) is 52.3. The number of likely N-dealkylation sites (tertiary alicyclic amines) is 1. The van der Waals surface area contributed by atoms with Gasteiger partial charge in [0.05, 0.1) is 89.1 Å². The Morgan fingerprint density at radius 3 is 2.06 bits per heavy atom. The average molecular weight is 1230 g/mol. The molecule has 2 aromatic carbocycles. The number of thiophene rings is 1. The normalized spacial score (nSPS) is 16.0. The molecule has 0 unspecified atom stereocenters. The number of aryl methyl sites for hydroxylation is 3. The van der Waals surface area contributed by atoms with E-state index in [-0.39, 0.29) is 51.1 Å². The molecule has 21 nitrogen and oxygen atoms in total. The fourth-order valence-electron chi connectivity index (χ4n) is 9.72. The van der Waals surface area contributed by atoms with Gasteiger partial charge in [0, 0.05) is 63.2 Å². The Kier molecular flexibility index (Phi) is 27.2. The van der Waals surface area contributed by atoms with Crippen molar-refractivity contribution in [3.8, 4) is 10.4 Å². The Hall–Kier alpha value is -5.70. The van der Waals surface area contributed by atoms with Crippen LogP contribution in [0.4, 0.5) is 22.5 Å². The van der Waals surface area contributed by atoms with Crippen molar-refractivity contribution in [2.24, 2.45) is 5.41 Å². The van der Waals surface area contributed by atoms with E-state index in [0.717, 1.165) is 87.5 Å². The Labute approximate surface area is 512 Å². The maximum Gasteiger partial charge on any atom is 0.267 e. The monoisotopic (exact) mass is 1230 g/mol. The molecular weight excluding hydrogens is 1150 g/mol. The number of β-amino-alcohol motifs (C(OH)–C–C–N with tert-alkyl or cyclic N) is 1. The predicted molar refractivity (Wildman–Crippen MR) is 332 cm³/mol. The SMILES string of the molecule is Cc1nc(Nc2ncc(C(=O)Nc3c(C)cccc3Cl)s2)cc(N2CCN(CCCCCCOCCOCCOCCOCCOCCOCC(=O)N[C@H](C(=O)N3C[C@H](O)C[C@H]3C(=O)NCc3ccc(-c4sccc4C)cc3)C(C)(C)C)CC2)n1. The number of aliphatic hydroxyl groups excluding tert-OH is 1. The van der Waals surface area contributed by atoms with E-state index in [1.165, 1.54) is 26.7 Å². The van der Waals surface area contributed by atoms with Crippen molar-refractivity contribution in [2.75, 3.05) is 134 Å². The molecule has 24 heteroatoms. The zero-order chi connectivity index (χ0) is 60.6. The number of piperazine rings is 1. The number of nitrogens with zero attached hydrogens (tertiary/aromatic N) is 6. The van der Waals surface area contributed by atoms with Gasteiger partial charge in [0.15, 0.2) is 5.13 Å². The molecule has 5 aromatic rings. The molecule has 0 aliphatic carbocycles. The van der Waals surface area contributed by atoms with Crippen LogP contribution in [-0.2, 0) is 49.3 Å². The van der Waals surface area contributed by atoms with Gasteiger partial charge in [0.1, 0.15) is 41.0 Å². The second kappa shape index (κ2) is 34.6. The van der Waals surface area contributed by atoms with Crippen molar-refractivity contribution in [2.45, 2.75) is 98.4 Å². The Morgan fingerprint density at radius 1 is 0.776 bits per heavy atom. The van der Waals surface area contributed by atoms with Gasteiger partial charge in [-0.1, -0.05) is 92.9 Å². The van der Waals surface area contributed by atoms with Crippen molar-refractivity contribution in [3.05, 3.63) is 98.6 Å². The molecular formula is C61H85ClN10O11S2. The fourth-order valence-corrected chi connectivity index (χ4v) is 11.6. The van der Waals surface area contributed by atoms with Crippen molar-refractivity contribution < 1.29 is 52.7 Å². The van der Waals surface area contributed by atoms with E-state index in [9.17, 15) is 24.3 Å². The van der Waals surface area contributed by atoms with Gasteiger partial charge >= 0.3 is 0 Å². The number of carbonyl (C=O) groups is 4. The van der Waals surface area contributed by atoms with Crippen LogP contribution in [0.2, 0.25) is 5.02 Å². The van der Waals surface area contributed by atoms with Gasteiger partial charge in [0.2, 0.25) is 17.7 Å². The minimum Gasteiger partial charge on any atom is -0.391 e. The Balaban J connectivity index is 0.629. The minimum atomic E-state index is -0.957. The number of thiazole rings is 1. The lowest BCUT2D eigenvalue weighted by atomic mass is 9.85. The number of nitrogens with one attached hydrogen (secondary N) is 4. The van der Waals surface area contributed by atoms with Gasteiger partial charge in [-0.25, -0.2) is 15.0 Å². The molecule has 3 aromatic heterocycles.